The summed E-state index contributed by atoms with van der Waals surface area (Å²) in [5.74, 6) is -0.288. The number of carbonyl (C=O) groups excluding carboxylic acids is 2. The van der Waals surface area contributed by atoms with Crippen LogP contribution in [0.5, 0.6) is 0 Å². The maximum atomic E-state index is 12.9. The molecule has 3 heterocycles. The first-order valence-electron chi connectivity index (χ1n) is 12.7. The van der Waals surface area contributed by atoms with Gasteiger partial charge in [0, 0.05) is 55.2 Å². The normalized spacial score (nSPS) is 31.0. The van der Waals surface area contributed by atoms with E-state index in [0.717, 1.165) is 47.8 Å². The van der Waals surface area contributed by atoms with Crippen molar-refractivity contribution in [2.45, 2.75) is 101 Å². The molecule has 0 aliphatic carbocycles. The van der Waals surface area contributed by atoms with Crippen LogP contribution in [0.25, 0.3) is 6.08 Å². The number of thiazole rings is 1. The molecule has 1 aromatic rings. The number of aromatic nitrogens is 1. The molecule has 2 aliphatic rings. The minimum atomic E-state index is -0.675. The van der Waals surface area contributed by atoms with Crippen molar-refractivity contribution in [1.82, 2.24) is 9.88 Å². The summed E-state index contributed by atoms with van der Waals surface area (Å²) in [5.41, 5.74) is 7.06. The number of Topliss-reactive ketones (excluding diaryl/α,β-unsaturated/α-hetero) is 1. The van der Waals surface area contributed by atoms with Crippen molar-refractivity contribution in [2.24, 2.45) is 11.1 Å². The number of fused-ring (bicyclic) bond motifs is 1. The van der Waals surface area contributed by atoms with Crippen LogP contribution in [0.2, 0.25) is 0 Å². The van der Waals surface area contributed by atoms with E-state index in [1.54, 1.807) is 23.1 Å². The SMILES string of the molecule is CSc1nc(/C=C(\C)C2CC3C(CCCCC(O)CC(=O)C(C)(C)CCC(=O)O2)N3CCN)cs1. The Bertz CT molecular complexity index is 901. The summed E-state index contributed by atoms with van der Waals surface area (Å²) in [6, 6.07) is 0.744. The van der Waals surface area contributed by atoms with Gasteiger partial charge in [-0.05, 0) is 44.1 Å². The number of nitrogens with zero attached hydrogens (tertiary/aromatic N) is 2. The second-order valence-corrected chi connectivity index (χ2v) is 12.4. The number of carbonyl (C=O) groups is 2. The number of ketones is 1. The lowest BCUT2D eigenvalue weighted by atomic mass is 9.80. The number of thioether (sulfide) groups is 1. The van der Waals surface area contributed by atoms with Gasteiger partial charge in [0.25, 0.3) is 0 Å². The number of nitrogens with two attached hydrogens (primary N) is 1. The molecule has 3 N–H and O–H groups in total. The van der Waals surface area contributed by atoms with E-state index in [9.17, 15) is 14.7 Å². The second-order valence-electron chi connectivity index (χ2n) is 10.5. The van der Waals surface area contributed by atoms with Crippen LogP contribution in [0.1, 0.15) is 77.8 Å². The Balaban J connectivity index is 1.79. The summed E-state index contributed by atoms with van der Waals surface area (Å²) in [7, 11) is 0. The maximum absolute atomic E-state index is 12.9. The van der Waals surface area contributed by atoms with Crippen molar-refractivity contribution in [3.8, 4) is 0 Å². The summed E-state index contributed by atoms with van der Waals surface area (Å²) in [4.78, 5) is 32.7. The summed E-state index contributed by atoms with van der Waals surface area (Å²) in [6.07, 6.45) is 8.05. The largest absolute Gasteiger partial charge is 0.458 e. The van der Waals surface area contributed by atoms with E-state index in [2.05, 4.69) is 9.88 Å². The van der Waals surface area contributed by atoms with E-state index >= 15 is 0 Å². The molecule has 0 bridgehead atoms. The van der Waals surface area contributed by atoms with Crippen LogP contribution in [-0.4, -0.2) is 70.4 Å². The van der Waals surface area contributed by atoms with E-state index in [1.165, 1.54) is 0 Å². The minimum absolute atomic E-state index is 0.00188. The van der Waals surface area contributed by atoms with Gasteiger partial charge in [-0.3, -0.25) is 14.5 Å². The number of rotatable bonds is 5. The lowest BCUT2D eigenvalue weighted by Crippen LogP contribution is -2.30. The van der Waals surface area contributed by atoms with Gasteiger partial charge in [0.15, 0.2) is 0 Å². The smallest absolute Gasteiger partial charge is 0.306 e. The highest BCUT2D eigenvalue weighted by Crippen LogP contribution is 2.38. The zero-order valence-corrected chi connectivity index (χ0v) is 23.1. The highest BCUT2D eigenvalue weighted by molar-refractivity contribution is 8.00. The van der Waals surface area contributed by atoms with Gasteiger partial charge >= 0.3 is 5.97 Å². The summed E-state index contributed by atoms with van der Waals surface area (Å²) >= 11 is 3.23. The Morgan fingerprint density at radius 2 is 2.09 bits per heavy atom. The Morgan fingerprint density at radius 1 is 1.34 bits per heavy atom. The molecule has 9 heteroatoms. The van der Waals surface area contributed by atoms with Crippen molar-refractivity contribution < 1.29 is 19.4 Å². The van der Waals surface area contributed by atoms with Crippen molar-refractivity contribution in [3.05, 3.63) is 16.6 Å². The molecule has 1 aromatic heterocycles. The van der Waals surface area contributed by atoms with Gasteiger partial charge in [-0.1, -0.05) is 38.5 Å². The molecule has 196 valence electrons. The van der Waals surface area contributed by atoms with Crippen LogP contribution in [0.15, 0.2) is 15.3 Å². The molecule has 5 unspecified atom stereocenters. The van der Waals surface area contributed by atoms with E-state index in [-0.39, 0.29) is 30.7 Å². The Morgan fingerprint density at radius 3 is 2.77 bits per heavy atom. The quantitative estimate of drug-likeness (QED) is 0.335. The van der Waals surface area contributed by atoms with Crippen LogP contribution < -0.4 is 5.73 Å². The third kappa shape index (κ3) is 8.12. The number of ether oxygens (including phenoxy) is 1. The van der Waals surface area contributed by atoms with E-state index in [0.29, 0.717) is 31.5 Å². The highest BCUT2D eigenvalue weighted by Gasteiger charge is 2.47. The molecule has 2 aliphatic heterocycles. The third-order valence-electron chi connectivity index (χ3n) is 7.30. The van der Waals surface area contributed by atoms with Crippen molar-refractivity contribution in [1.29, 1.82) is 0 Å². The fraction of sp³-hybridized carbons (Fsp3) is 0.731. The Labute approximate surface area is 217 Å². The number of cyclic esters (lactones) is 1. The van der Waals surface area contributed by atoms with Crippen molar-refractivity contribution in [3.63, 3.8) is 0 Å². The van der Waals surface area contributed by atoms with Gasteiger partial charge in [0.05, 0.1) is 11.8 Å². The maximum Gasteiger partial charge on any atom is 0.306 e. The summed E-state index contributed by atoms with van der Waals surface area (Å²) < 4.78 is 7.04. The van der Waals surface area contributed by atoms with Gasteiger partial charge in [0.1, 0.15) is 16.2 Å². The molecule has 0 aromatic carbocycles. The molecule has 2 fully saturated rings. The molecule has 7 nitrogen and oxygen atoms in total. The van der Waals surface area contributed by atoms with Crippen LogP contribution in [0.3, 0.4) is 0 Å². The fourth-order valence-corrected chi connectivity index (χ4v) is 6.15. The van der Waals surface area contributed by atoms with Crippen molar-refractivity contribution in [2.75, 3.05) is 19.3 Å². The average Bonchev–Trinajstić information content (AvgIpc) is 3.22. The molecular weight excluding hydrogens is 482 g/mol. The summed E-state index contributed by atoms with van der Waals surface area (Å²) in [6.45, 7) is 7.14. The average molecular weight is 524 g/mol. The van der Waals surface area contributed by atoms with Crippen LogP contribution >= 0.6 is 23.1 Å². The van der Waals surface area contributed by atoms with Crippen LogP contribution in [-0.2, 0) is 14.3 Å². The second kappa shape index (κ2) is 12.8. The van der Waals surface area contributed by atoms with Crippen molar-refractivity contribution >= 4 is 40.9 Å². The molecule has 3 rings (SSSR count). The zero-order valence-electron chi connectivity index (χ0n) is 21.5. The number of aliphatic hydroxyl groups is 1. The molecule has 0 amide bonds. The lowest BCUT2D eigenvalue weighted by molar-refractivity contribution is -0.148. The molecule has 0 saturated carbocycles. The minimum Gasteiger partial charge on any atom is -0.458 e. The monoisotopic (exact) mass is 523 g/mol. The fourth-order valence-electron chi connectivity index (χ4n) is 4.92. The van der Waals surface area contributed by atoms with E-state index < -0.39 is 11.5 Å². The Hall–Kier alpha value is -1.26. The first-order valence-corrected chi connectivity index (χ1v) is 14.8. The Kier molecular flexibility index (Phi) is 10.4. The molecule has 35 heavy (non-hydrogen) atoms. The number of esters is 1. The molecular formula is C26H41N3O4S2. The van der Waals surface area contributed by atoms with Gasteiger partial charge in [0.2, 0.25) is 0 Å². The summed E-state index contributed by atoms with van der Waals surface area (Å²) in [5, 5.41) is 12.4. The van der Waals surface area contributed by atoms with Gasteiger partial charge in [-0.2, -0.15) is 0 Å². The standard InChI is InChI=1S/C26H41N3O4S2/c1-17(13-18-16-35-25(28-18)34-4)22-15-21-20(29(21)12-11-27)8-6-5-7-19(30)14-23(31)26(2,3)10-9-24(32)33-22/h13,16,19-22,30H,5-12,14-15,27H2,1-4H3/b17-13+. The van der Waals surface area contributed by atoms with Gasteiger partial charge < -0.3 is 15.6 Å². The molecule has 2 saturated heterocycles. The molecule has 0 spiro atoms. The van der Waals surface area contributed by atoms with Gasteiger partial charge in [-0.15, -0.1) is 11.3 Å². The topological polar surface area (TPSA) is 106 Å². The first-order chi connectivity index (χ1) is 16.6. The number of hydrogen-bond donors (Lipinski definition) is 2. The molecule has 5 atom stereocenters. The lowest BCUT2D eigenvalue weighted by Gasteiger charge is -2.25. The van der Waals surface area contributed by atoms with E-state index in [4.69, 9.17) is 10.5 Å². The number of hydrogen-bond acceptors (Lipinski definition) is 9. The van der Waals surface area contributed by atoms with Crippen LogP contribution in [0.4, 0.5) is 0 Å². The van der Waals surface area contributed by atoms with E-state index in [1.807, 2.05) is 38.5 Å². The molecule has 0 radical (unpaired) electrons. The zero-order chi connectivity index (χ0) is 25.6. The van der Waals surface area contributed by atoms with Crippen LogP contribution in [0, 0.1) is 5.41 Å². The highest BCUT2D eigenvalue weighted by atomic mass is 32.2. The predicted octanol–water partition coefficient (Wildman–Crippen LogP) is 4.28. The van der Waals surface area contributed by atoms with Gasteiger partial charge in [-0.25, -0.2) is 4.98 Å². The first kappa shape index (κ1) is 28.3. The third-order valence-corrected chi connectivity index (χ3v) is 9.18. The predicted molar refractivity (Wildman–Crippen MR) is 142 cm³/mol. The number of aliphatic hydroxyl groups excluding tert-OH is 1.